The van der Waals surface area contributed by atoms with Gasteiger partial charge in [0, 0.05) is 6.54 Å². The molecule has 106 valence electrons. The number of benzene rings is 2. The smallest absolute Gasteiger partial charge is 0.253 e. The van der Waals surface area contributed by atoms with Gasteiger partial charge in [-0.3, -0.25) is 4.79 Å². The standard InChI is InChI=1S/C15H12FN3OS/c16-10-6-11(13-12(7-10)18-15(21)19-13)14(20)17-8-9-4-2-1-3-5-9/h1-7H,8H2,(H,17,20)(H2,18,19,21). The second-order valence-electron chi connectivity index (χ2n) is 4.62. The molecule has 3 aromatic rings. The SMILES string of the molecule is O=C(NCc1ccccc1)c1cc(F)cc2[nH]c(=S)[nH]c12. The van der Waals surface area contributed by atoms with Crippen LogP contribution >= 0.6 is 12.2 Å². The highest BCUT2D eigenvalue weighted by Gasteiger charge is 2.13. The summed E-state index contributed by atoms with van der Waals surface area (Å²) in [6.07, 6.45) is 0. The second-order valence-corrected chi connectivity index (χ2v) is 5.03. The van der Waals surface area contributed by atoms with Gasteiger partial charge in [-0.1, -0.05) is 30.3 Å². The van der Waals surface area contributed by atoms with Crippen molar-refractivity contribution < 1.29 is 9.18 Å². The molecule has 1 aromatic heterocycles. The van der Waals surface area contributed by atoms with Gasteiger partial charge in [0.1, 0.15) is 5.82 Å². The quantitative estimate of drug-likeness (QED) is 0.650. The van der Waals surface area contributed by atoms with E-state index in [2.05, 4.69) is 15.3 Å². The monoisotopic (exact) mass is 301 g/mol. The zero-order chi connectivity index (χ0) is 14.8. The highest BCUT2D eigenvalue weighted by atomic mass is 32.1. The first-order valence-corrected chi connectivity index (χ1v) is 6.78. The van der Waals surface area contributed by atoms with Gasteiger partial charge >= 0.3 is 0 Å². The van der Waals surface area contributed by atoms with Crippen molar-refractivity contribution in [2.45, 2.75) is 6.54 Å². The molecule has 3 N–H and O–H groups in total. The average molecular weight is 301 g/mol. The molecule has 0 fully saturated rings. The Bertz CT molecular complexity index is 854. The zero-order valence-corrected chi connectivity index (χ0v) is 11.8. The summed E-state index contributed by atoms with van der Waals surface area (Å²) in [6.45, 7) is 0.378. The molecule has 0 aliphatic carbocycles. The number of fused-ring (bicyclic) bond motifs is 1. The van der Waals surface area contributed by atoms with Crippen LogP contribution in [0, 0.1) is 10.6 Å². The van der Waals surface area contributed by atoms with Gasteiger partial charge in [0.2, 0.25) is 0 Å². The lowest BCUT2D eigenvalue weighted by Crippen LogP contribution is -2.23. The summed E-state index contributed by atoms with van der Waals surface area (Å²) >= 11 is 4.98. The van der Waals surface area contributed by atoms with E-state index in [0.29, 0.717) is 22.3 Å². The first-order valence-electron chi connectivity index (χ1n) is 6.37. The zero-order valence-electron chi connectivity index (χ0n) is 10.9. The molecular weight excluding hydrogens is 289 g/mol. The van der Waals surface area contributed by atoms with E-state index in [9.17, 15) is 9.18 Å². The summed E-state index contributed by atoms with van der Waals surface area (Å²) in [5, 5.41) is 2.77. The van der Waals surface area contributed by atoms with Crippen LogP contribution in [0.2, 0.25) is 0 Å². The fraction of sp³-hybridized carbons (Fsp3) is 0.0667. The predicted molar refractivity (Wildman–Crippen MR) is 81.1 cm³/mol. The van der Waals surface area contributed by atoms with E-state index < -0.39 is 5.82 Å². The summed E-state index contributed by atoms with van der Waals surface area (Å²) in [6, 6.07) is 12.0. The Morgan fingerprint density at radius 2 is 1.95 bits per heavy atom. The first kappa shape index (κ1) is 13.5. The molecule has 3 rings (SSSR count). The third kappa shape index (κ3) is 2.85. The van der Waals surface area contributed by atoms with Crippen LogP contribution in [0.3, 0.4) is 0 Å². The molecular formula is C15H12FN3OS. The molecule has 0 spiro atoms. The summed E-state index contributed by atoms with van der Waals surface area (Å²) in [5.74, 6) is -0.841. The highest BCUT2D eigenvalue weighted by molar-refractivity contribution is 7.71. The molecule has 0 aliphatic heterocycles. The number of rotatable bonds is 3. The molecule has 0 unspecified atom stereocenters. The lowest BCUT2D eigenvalue weighted by Gasteiger charge is -2.06. The van der Waals surface area contributed by atoms with Gasteiger partial charge in [-0.25, -0.2) is 4.39 Å². The van der Waals surface area contributed by atoms with Gasteiger partial charge in [-0.2, -0.15) is 0 Å². The Morgan fingerprint density at radius 1 is 1.19 bits per heavy atom. The maximum Gasteiger partial charge on any atom is 0.253 e. The number of amides is 1. The second kappa shape index (κ2) is 5.49. The fourth-order valence-corrected chi connectivity index (χ4v) is 2.37. The van der Waals surface area contributed by atoms with E-state index in [4.69, 9.17) is 12.2 Å². The van der Waals surface area contributed by atoms with E-state index in [1.165, 1.54) is 12.1 Å². The largest absolute Gasteiger partial charge is 0.348 e. The lowest BCUT2D eigenvalue weighted by molar-refractivity contribution is 0.0952. The molecule has 1 heterocycles. The van der Waals surface area contributed by atoms with Crippen molar-refractivity contribution in [2.24, 2.45) is 0 Å². The van der Waals surface area contributed by atoms with E-state index in [1.807, 2.05) is 30.3 Å². The first-order chi connectivity index (χ1) is 10.1. The minimum atomic E-state index is -0.488. The van der Waals surface area contributed by atoms with Crippen molar-refractivity contribution in [3.05, 3.63) is 64.2 Å². The third-order valence-electron chi connectivity index (χ3n) is 3.13. The number of aromatic nitrogens is 2. The van der Waals surface area contributed by atoms with Crippen LogP contribution in [0.15, 0.2) is 42.5 Å². The maximum atomic E-state index is 13.6. The Balaban J connectivity index is 1.89. The molecule has 0 saturated heterocycles. The van der Waals surface area contributed by atoms with Crippen molar-refractivity contribution in [3.8, 4) is 0 Å². The van der Waals surface area contributed by atoms with Gasteiger partial charge in [0.15, 0.2) is 4.77 Å². The van der Waals surface area contributed by atoms with Crippen molar-refractivity contribution in [1.82, 2.24) is 15.3 Å². The van der Waals surface area contributed by atoms with E-state index >= 15 is 0 Å². The van der Waals surface area contributed by atoms with Crippen LogP contribution < -0.4 is 5.32 Å². The number of imidazole rings is 1. The molecule has 2 aromatic carbocycles. The van der Waals surface area contributed by atoms with Crippen molar-refractivity contribution in [2.75, 3.05) is 0 Å². The molecule has 0 saturated carbocycles. The number of aromatic amines is 2. The summed E-state index contributed by atoms with van der Waals surface area (Å²) < 4.78 is 13.9. The van der Waals surface area contributed by atoms with Crippen molar-refractivity contribution in [1.29, 1.82) is 0 Å². The normalized spacial score (nSPS) is 10.7. The molecule has 1 amide bonds. The topological polar surface area (TPSA) is 60.7 Å². The number of H-pyrrole nitrogens is 2. The van der Waals surface area contributed by atoms with Crippen LogP contribution in [-0.2, 0) is 6.54 Å². The molecule has 21 heavy (non-hydrogen) atoms. The van der Waals surface area contributed by atoms with Gasteiger partial charge in [-0.05, 0) is 29.9 Å². The fourth-order valence-electron chi connectivity index (χ4n) is 2.16. The van der Waals surface area contributed by atoms with E-state index in [1.54, 1.807) is 0 Å². The summed E-state index contributed by atoms with van der Waals surface area (Å²) in [5.41, 5.74) is 2.19. The minimum absolute atomic E-state index is 0.230. The molecule has 0 atom stereocenters. The number of carbonyl (C=O) groups excluding carboxylic acids is 1. The van der Waals surface area contributed by atoms with Crippen LogP contribution in [0.4, 0.5) is 4.39 Å². The summed E-state index contributed by atoms with van der Waals surface area (Å²) in [4.78, 5) is 17.9. The minimum Gasteiger partial charge on any atom is -0.348 e. The van der Waals surface area contributed by atoms with E-state index in [0.717, 1.165) is 5.56 Å². The number of nitrogens with one attached hydrogen (secondary N) is 3. The lowest BCUT2D eigenvalue weighted by atomic mass is 10.1. The van der Waals surface area contributed by atoms with Crippen molar-refractivity contribution in [3.63, 3.8) is 0 Å². The molecule has 0 radical (unpaired) electrons. The van der Waals surface area contributed by atoms with Gasteiger partial charge < -0.3 is 15.3 Å². The maximum absolute atomic E-state index is 13.6. The number of halogens is 1. The highest BCUT2D eigenvalue weighted by Crippen LogP contribution is 2.18. The number of hydrogen-bond acceptors (Lipinski definition) is 2. The summed E-state index contributed by atoms with van der Waals surface area (Å²) in [7, 11) is 0. The number of hydrogen-bond donors (Lipinski definition) is 3. The van der Waals surface area contributed by atoms with Crippen LogP contribution in [-0.4, -0.2) is 15.9 Å². The van der Waals surface area contributed by atoms with Crippen LogP contribution in [0.5, 0.6) is 0 Å². The molecule has 0 aliphatic rings. The Labute approximate surface area is 125 Å². The Hall–Kier alpha value is -2.47. The Morgan fingerprint density at radius 3 is 2.71 bits per heavy atom. The van der Waals surface area contributed by atoms with E-state index in [-0.39, 0.29) is 11.5 Å². The third-order valence-corrected chi connectivity index (χ3v) is 3.33. The van der Waals surface area contributed by atoms with Gasteiger partial charge in [0.25, 0.3) is 5.91 Å². The molecule has 0 bridgehead atoms. The average Bonchev–Trinajstić information content (AvgIpc) is 2.85. The number of carbonyl (C=O) groups is 1. The van der Waals surface area contributed by atoms with Gasteiger partial charge in [-0.15, -0.1) is 0 Å². The predicted octanol–water partition coefficient (Wildman–Crippen LogP) is 3.29. The Kier molecular flexibility index (Phi) is 3.53. The molecule has 6 heteroatoms. The van der Waals surface area contributed by atoms with Crippen LogP contribution in [0.25, 0.3) is 11.0 Å². The molecule has 4 nitrogen and oxygen atoms in total. The van der Waals surface area contributed by atoms with Crippen molar-refractivity contribution >= 4 is 29.2 Å². The van der Waals surface area contributed by atoms with Crippen LogP contribution in [0.1, 0.15) is 15.9 Å². The van der Waals surface area contributed by atoms with Gasteiger partial charge in [0.05, 0.1) is 16.6 Å².